The smallest absolute Gasteiger partial charge is 0.225 e. The Morgan fingerprint density at radius 1 is 1.45 bits per heavy atom. The van der Waals surface area contributed by atoms with Gasteiger partial charge in [-0.1, -0.05) is 24.1 Å². The number of hydrogen-bond donors (Lipinski definition) is 2. The van der Waals surface area contributed by atoms with Crippen LogP contribution in [0.2, 0.25) is 5.02 Å². The summed E-state index contributed by atoms with van der Waals surface area (Å²) < 4.78 is 0. The molecule has 0 heterocycles. The zero-order valence-electron chi connectivity index (χ0n) is 12.1. The molecule has 4 nitrogen and oxygen atoms in total. The van der Waals surface area contributed by atoms with Crippen molar-refractivity contribution in [1.82, 2.24) is 0 Å². The molecular formula is C15H22ClN3O. The minimum Gasteiger partial charge on any atom is -0.375 e. The number of nitrogens with one attached hydrogen (secondary N) is 1. The summed E-state index contributed by atoms with van der Waals surface area (Å²) in [6.07, 6.45) is 3.76. The van der Waals surface area contributed by atoms with Crippen LogP contribution < -0.4 is 16.0 Å². The van der Waals surface area contributed by atoms with Crippen LogP contribution in [0.4, 0.5) is 11.4 Å². The molecule has 1 aromatic rings. The van der Waals surface area contributed by atoms with E-state index >= 15 is 0 Å². The highest BCUT2D eigenvalue weighted by Gasteiger charge is 2.37. The van der Waals surface area contributed by atoms with Crippen molar-refractivity contribution in [3.8, 4) is 0 Å². The van der Waals surface area contributed by atoms with Gasteiger partial charge in [0.2, 0.25) is 5.91 Å². The molecule has 110 valence electrons. The molecule has 5 heteroatoms. The molecule has 2 rings (SSSR count). The monoisotopic (exact) mass is 295 g/mol. The Hall–Kier alpha value is -1.26. The third-order valence-electron chi connectivity index (χ3n) is 4.09. The first-order chi connectivity index (χ1) is 9.47. The lowest BCUT2D eigenvalue weighted by atomic mass is 9.66. The number of amides is 1. The summed E-state index contributed by atoms with van der Waals surface area (Å²) in [6.45, 7) is 0.580. The van der Waals surface area contributed by atoms with Gasteiger partial charge in [-0.25, -0.2) is 0 Å². The van der Waals surface area contributed by atoms with E-state index in [0.29, 0.717) is 18.0 Å². The van der Waals surface area contributed by atoms with Crippen molar-refractivity contribution in [2.45, 2.75) is 25.7 Å². The molecule has 0 unspecified atom stereocenters. The number of carbonyl (C=O) groups is 1. The molecule has 0 saturated heterocycles. The summed E-state index contributed by atoms with van der Waals surface area (Å²) in [5.74, 6) is 0.0144. The van der Waals surface area contributed by atoms with E-state index in [4.69, 9.17) is 17.3 Å². The number of nitrogens with zero attached hydrogens (tertiary/aromatic N) is 1. The summed E-state index contributed by atoms with van der Waals surface area (Å²) in [5, 5.41) is 3.60. The van der Waals surface area contributed by atoms with Crippen molar-refractivity contribution in [2.75, 3.05) is 30.9 Å². The quantitative estimate of drug-likeness (QED) is 0.878. The molecule has 1 aromatic carbocycles. The lowest BCUT2D eigenvalue weighted by molar-refractivity contribution is -0.119. The van der Waals surface area contributed by atoms with E-state index < -0.39 is 0 Å². The fourth-order valence-electron chi connectivity index (χ4n) is 2.74. The standard InChI is InChI=1S/C15H22ClN3O/c1-19(2)14-11(16)5-3-6-12(14)18-13(20)9-15(10-17)7-4-8-15/h3,5-6H,4,7-10,17H2,1-2H3,(H,18,20). The van der Waals surface area contributed by atoms with Crippen molar-refractivity contribution < 1.29 is 4.79 Å². The summed E-state index contributed by atoms with van der Waals surface area (Å²) in [4.78, 5) is 14.1. The normalized spacial score (nSPS) is 16.4. The predicted octanol–water partition coefficient (Wildman–Crippen LogP) is 2.86. The van der Waals surface area contributed by atoms with Gasteiger partial charge in [-0.2, -0.15) is 0 Å². The Balaban J connectivity index is 2.10. The highest BCUT2D eigenvalue weighted by Crippen LogP contribution is 2.43. The van der Waals surface area contributed by atoms with Gasteiger partial charge in [-0.15, -0.1) is 0 Å². The molecule has 20 heavy (non-hydrogen) atoms. The Bertz CT molecular complexity index is 492. The minimum absolute atomic E-state index is 0.0144. The third-order valence-corrected chi connectivity index (χ3v) is 4.40. The van der Waals surface area contributed by atoms with Crippen LogP contribution in [0.15, 0.2) is 18.2 Å². The van der Waals surface area contributed by atoms with Crippen LogP contribution in [-0.2, 0) is 4.79 Å². The van der Waals surface area contributed by atoms with E-state index in [0.717, 1.165) is 24.2 Å². The van der Waals surface area contributed by atoms with Crippen LogP contribution in [0, 0.1) is 5.41 Å². The zero-order valence-corrected chi connectivity index (χ0v) is 12.8. The van der Waals surface area contributed by atoms with Crippen LogP contribution in [0.3, 0.4) is 0 Å². The highest BCUT2D eigenvalue weighted by molar-refractivity contribution is 6.34. The number of nitrogens with two attached hydrogens (primary N) is 1. The van der Waals surface area contributed by atoms with Crippen molar-refractivity contribution in [1.29, 1.82) is 0 Å². The zero-order chi connectivity index (χ0) is 14.8. The summed E-state index contributed by atoms with van der Waals surface area (Å²) in [5.41, 5.74) is 7.40. The van der Waals surface area contributed by atoms with Gasteiger partial charge in [-0.3, -0.25) is 4.79 Å². The van der Waals surface area contributed by atoms with E-state index in [1.54, 1.807) is 0 Å². The number of halogens is 1. The van der Waals surface area contributed by atoms with Gasteiger partial charge in [0, 0.05) is 20.5 Å². The van der Waals surface area contributed by atoms with Crippen LogP contribution in [-0.4, -0.2) is 26.5 Å². The van der Waals surface area contributed by atoms with Crippen molar-refractivity contribution in [3.05, 3.63) is 23.2 Å². The second-order valence-corrected chi connectivity index (χ2v) is 6.22. The molecule has 0 spiro atoms. The molecule has 0 bridgehead atoms. The number of para-hydroxylation sites is 1. The van der Waals surface area contributed by atoms with Gasteiger partial charge in [0.25, 0.3) is 0 Å². The van der Waals surface area contributed by atoms with Crippen LogP contribution in [0.25, 0.3) is 0 Å². The van der Waals surface area contributed by atoms with Crippen molar-refractivity contribution >= 4 is 28.9 Å². The fraction of sp³-hybridized carbons (Fsp3) is 0.533. The van der Waals surface area contributed by atoms with Gasteiger partial charge < -0.3 is 16.0 Å². The molecule has 0 atom stereocenters. The second-order valence-electron chi connectivity index (χ2n) is 5.81. The molecule has 1 aliphatic carbocycles. The number of hydrogen-bond acceptors (Lipinski definition) is 3. The first-order valence-corrected chi connectivity index (χ1v) is 7.31. The molecule has 3 N–H and O–H groups in total. The van der Waals surface area contributed by atoms with Gasteiger partial charge in [0.15, 0.2) is 0 Å². The number of rotatable bonds is 5. The lowest BCUT2D eigenvalue weighted by Gasteiger charge is -2.40. The largest absolute Gasteiger partial charge is 0.375 e. The summed E-state index contributed by atoms with van der Waals surface area (Å²) in [6, 6.07) is 5.53. The van der Waals surface area contributed by atoms with E-state index in [2.05, 4.69) is 5.32 Å². The number of anilines is 2. The second kappa shape index (κ2) is 6.02. The van der Waals surface area contributed by atoms with Gasteiger partial charge in [0.1, 0.15) is 0 Å². The predicted molar refractivity (Wildman–Crippen MR) is 84.4 cm³/mol. The first kappa shape index (κ1) is 15.1. The maximum absolute atomic E-state index is 12.2. The maximum atomic E-state index is 12.2. The Labute approximate surface area is 125 Å². The molecule has 0 aromatic heterocycles. The molecule has 1 aliphatic rings. The minimum atomic E-state index is 0.0144. The van der Waals surface area contributed by atoms with E-state index in [-0.39, 0.29) is 11.3 Å². The summed E-state index contributed by atoms with van der Waals surface area (Å²) >= 11 is 6.19. The number of carbonyl (C=O) groups excluding carboxylic acids is 1. The van der Waals surface area contributed by atoms with Gasteiger partial charge in [0.05, 0.1) is 16.4 Å². The first-order valence-electron chi connectivity index (χ1n) is 6.93. The van der Waals surface area contributed by atoms with Crippen LogP contribution >= 0.6 is 11.6 Å². The van der Waals surface area contributed by atoms with Gasteiger partial charge >= 0.3 is 0 Å². The Kier molecular flexibility index (Phi) is 4.55. The Morgan fingerprint density at radius 3 is 2.65 bits per heavy atom. The van der Waals surface area contributed by atoms with E-state index in [1.165, 1.54) is 6.42 Å². The molecular weight excluding hydrogens is 274 g/mol. The Morgan fingerprint density at radius 2 is 2.15 bits per heavy atom. The lowest BCUT2D eigenvalue weighted by Crippen LogP contribution is -2.40. The van der Waals surface area contributed by atoms with Gasteiger partial charge in [-0.05, 0) is 36.9 Å². The third kappa shape index (κ3) is 3.07. The topological polar surface area (TPSA) is 58.4 Å². The van der Waals surface area contributed by atoms with E-state index in [9.17, 15) is 4.79 Å². The molecule has 1 amide bonds. The SMILES string of the molecule is CN(C)c1c(Cl)cccc1NC(=O)CC1(CN)CCC1. The maximum Gasteiger partial charge on any atom is 0.225 e. The van der Waals surface area contributed by atoms with Crippen molar-refractivity contribution in [2.24, 2.45) is 11.1 Å². The average molecular weight is 296 g/mol. The highest BCUT2D eigenvalue weighted by atomic mass is 35.5. The number of benzene rings is 1. The van der Waals surface area contributed by atoms with Crippen molar-refractivity contribution in [3.63, 3.8) is 0 Å². The van der Waals surface area contributed by atoms with Crippen LogP contribution in [0.1, 0.15) is 25.7 Å². The van der Waals surface area contributed by atoms with Crippen LogP contribution in [0.5, 0.6) is 0 Å². The fourth-order valence-corrected chi connectivity index (χ4v) is 3.08. The average Bonchev–Trinajstić information content (AvgIpc) is 2.33. The van der Waals surface area contributed by atoms with E-state index in [1.807, 2.05) is 37.2 Å². The summed E-state index contributed by atoms with van der Waals surface area (Å²) in [7, 11) is 3.81. The molecule has 0 aliphatic heterocycles. The molecule has 1 fully saturated rings. The molecule has 1 saturated carbocycles. The molecule has 0 radical (unpaired) electrons.